The summed E-state index contributed by atoms with van der Waals surface area (Å²) in [6.45, 7) is 2.25. The van der Waals surface area contributed by atoms with Crippen LogP contribution in [-0.4, -0.2) is 49.3 Å². The normalized spacial score (nSPS) is 33.0. The molecule has 0 bridgehead atoms. The van der Waals surface area contributed by atoms with Crippen molar-refractivity contribution in [2.75, 3.05) is 26.4 Å². The number of hydrogen-bond donors (Lipinski definition) is 0. The van der Waals surface area contributed by atoms with Gasteiger partial charge in [0, 0.05) is 19.8 Å². The van der Waals surface area contributed by atoms with E-state index in [-0.39, 0.29) is 18.1 Å². The molecule has 0 aromatic rings. The smallest absolute Gasteiger partial charge is 0.243 e. The molecule has 1 amide bonds. The van der Waals surface area contributed by atoms with Crippen LogP contribution < -0.4 is 0 Å². The molecule has 0 spiro atoms. The molecular formula is C15H22N2O3. The number of rotatable bonds is 1. The number of nitriles is 1. The van der Waals surface area contributed by atoms with Crippen LogP contribution in [0, 0.1) is 16.7 Å². The van der Waals surface area contributed by atoms with Gasteiger partial charge in [-0.1, -0.05) is 12.8 Å². The summed E-state index contributed by atoms with van der Waals surface area (Å²) < 4.78 is 11.1. The molecule has 3 aliphatic rings. The van der Waals surface area contributed by atoms with Crippen LogP contribution in [0.2, 0.25) is 0 Å². The van der Waals surface area contributed by atoms with Crippen LogP contribution in [0.3, 0.4) is 0 Å². The van der Waals surface area contributed by atoms with Crippen molar-refractivity contribution in [1.29, 1.82) is 5.26 Å². The Bertz CT molecular complexity index is 410. The highest BCUT2D eigenvalue weighted by atomic mass is 16.5. The Morgan fingerprint density at radius 3 is 2.70 bits per heavy atom. The summed E-state index contributed by atoms with van der Waals surface area (Å²) in [4.78, 5) is 14.9. The molecule has 2 heterocycles. The zero-order chi connectivity index (χ0) is 14.0. The summed E-state index contributed by atoms with van der Waals surface area (Å²) in [7, 11) is 0. The SMILES string of the molecule is N#CC1(C(=O)N2CCOC3CCCCC32)CCOCC1. The number of carbonyl (C=O) groups excluding carboxylic acids is 1. The number of fused-ring (bicyclic) bond motifs is 1. The van der Waals surface area contributed by atoms with E-state index in [0.717, 1.165) is 19.3 Å². The van der Waals surface area contributed by atoms with Gasteiger partial charge in [0.2, 0.25) is 5.91 Å². The molecule has 3 fully saturated rings. The third-order valence-corrected chi connectivity index (χ3v) is 4.96. The molecule has 1 aliphatic carbocycles. The molecule has 20 heavy (non-hydrogen) atoms. The average molecular weight is 278 g/mol. The summed E-state index contributed by atoms with van der Waals surface area (Å²) in [5.41, 5.74) is -0.864. The summed E-state index contributed by atoms with van der Waals surface area (Å²) in [6, 6.07) is 2.48. The quantitative estimate of drug-likeness (QED) is 0.729. The molecule has 3 rings (SSSR count). The van der Waals surface area contributed by atoms with Crippen molar-refractivity contribution in [3.8, 4) is 6.07 Å². The maximum Gasteiger partial charge on any atom is 0.243 e. The first-order valence-electron chi connectivity index (χ1n) is 7.68. The Hall–Kier alpha value is -1.12. The molecule has 2 saturated heterocycles. The minimum absolute atomic E-state index is 0.0171. The van der Waals surface area contributed by atoms with Gasteiger partial charge in [-0.05, 0) is 25.7 Å². The van der Waals surface area contributed by atoms with E-state index < -0.39 is 5.41 Å². The minimum atomic E-state index is -0.864. The van der Waals surface area contributed by atoms with Crippen LogP contribution in [0.5, 0.6) is 0 Å². The number of hydrogen-bond acceptors (Lipinski definition) is 4. The van der Waals surface area contributed by atoms with Crippen molar-refractivity contribution in [1.82, 2.24) is 4.90 Å². The van der Waals surface area contributed by atoms with Gasteiger partial charge in [0.25, 0.3) is 0 Å². The molecule has 1 saturated carbocycles. The van der Waals surface area contributed by atoms with Gasteiger partial charge in [0.15, 0.2) is 0 Å². The van der Waals surface area contributed by atoms with E-state index in [0.29, 0.717) is 39.2 Å². The highest BCUT2D eigenvalue weighted by Gasteiger charge is 2.47. The highest BCUT2D eigenvalue weighted by molar-refractivity contribution is 5.86. The number of nitrogens with zero attached hydrogens (tertiary/aromatic N) is 2. The van der Waals surface area contributed by atoms with Gasteiger partial charge < -0.3 is 14.4 Å². The lowest BCUT2D eigenvalue weighted by Crippen LogP contribution is -2.59. The first kappa shape index (κ1) is 13.8. The van der Waals surface area contributed by atoms with Crippen LogP contribution in [0.4, 0.5) is 0 Å². The van der Waals surface area contributed by atoms with E-state index in [4.69, 9.17) is 9.47 Å². The Kier molecular flexibility index (Phi) is 3.95. The Morgan fingerprint density at radius 1 is 1.20 bits per heavy atom. The fourth-order valence-corrected chi connectivity index (χ4v) is 3.72. The van der Waals surface area contributed by atoms with Gasteiger partial charge in [-0.25, -0.2) is 0 Å². The monoisotopic (exact) mass is 278 g/mol. The lowest BCUT2D eigenvalue weighted by Gasteiger charge is -2.46. The molecule has 5 heteroatoms. The Labute approximate surface area is 119 Å². The van der Waals surface area contributed by atoms with Gasteiger partial charge >= 0.3 is 0 Å². The molecule has 2 atom stereocenters. The topological polar surface area (TPSA) is 62.6 Å². The number of carbonyl (C=O) groups is 1. The number of ether oxygens (including phenoxy) is 2. The van der Waals surface area contributed by atoms with Crippen LogP contribution in [-0.2, 0) is 14.3 Å². The third-order valence-electron chi connectivity index (χ3n) is 4.96. The standard InChI is InChI=1S/C15H22N2O3/c16-11-15(5-8-19-9-6-15)14(18)17-7-10-20-13-4-2-1-3-12(13)17/h12-13H,1-10H2. The minimum Gasteiger partial charge on any atom is -0.381 e. The molecule has 0 N–H and O–H groups in total. The first-order valence-corrected chi connectivity index (χ1v) is 7.68. The van der Waals surface area contributed by atoms with E-state index >= 15 is 0 Å². The van der Waals surface area contributed by atoms with Gasteiger partial charge in [0.1, 0.15) is 5.41 Å². The second-order valence-electron chi connectivity index (χ2n) is 6.07. The van der Waals surface area contributed by atoms with Gasteiger partial charge in [-0.15, -0.1) is 0 Å². The molecule has 110 valence electrons. The van der Waals surface area contributed by atoms with Crippen LogP contribution in [0.1, 0.15) is 38.5 Å². The highest BCUT2D eigenvalue weighted by Crippen LogP contribution is 2.36. The van der Waals surface area contributed by atoms with Gasteiger partial charge in [0.05, 0.1) is 24.8 Å². The van der Waals surface area contributed by atoms with Gasteiger partial charge in [-0.2, -0.15) is 5.26 Å². The molecule has 0 radical (unpaired) electrons. The van der Waals surface area contributed by atoms with Crippen LogP contribution >= 0.6 is 0 Å². The zero-order valence-corrected chi connectivity index (χ0v) is 11.8. The lowest BCUT2D eigenvalue weighted by atomic mass is 9.79. The Morgan fingerprint density at radius 2 is 1.95 bits per heavy atom. The predicted molar refractivity (Wildman–Crippen MR) is 71.8 cm³/mol. The summed E-state index contributed by atoms with van der Waals surface area (Å²) in [6.07, 6.45) is 5.61. The molecule has 0 aromatic heterocycles. The maximum absolute atomic E-state index is 13.0. The van der Waals surface area contributed by atoms with Crippen LogP contribution in [0.25, 0.3) is 0 Å². The lowest BCUT2D eigenvalue weighted by molar-refractivity contribution is -0.161. The summed E-state index contributed by atoms with van der Waals surface area (Å²) >= 11 is 0. The van der Waals surface area contributed by atoms with Crippen molar-refractivity contribution < 1.29 is 14.3 Å². The van der Waals surface area contributed by atoms with Crippen molar-refractivity contribution in [3.05, 3.63) is 0 Å². The second kappa shape index (κ2) is 5.71. The largest absolute Gasteiger partial charge is 0.381 e. The van der Waals surface area contributed by atoms with Crippen molar-refractivity contribution in [3.63, 3.8) is 0 Å². The Balaban J connectivity index is 1.79. The molecule has 2 unspecified atom stereocenters. The molecule has 2 aliphatic heterocycles. The van der Waals surface area contributed by atoms with Crippen LogP contribution in [0.15, 0.2) is 0 Å². The van der Waals surface area contributed by atoms with Gasteiger partial charge in [-0.3, -0.25) is 4.79 Å². The zero-order valence-electron chi connectivity index (χ0n) is 11.8. The van der Waals surface area contributed by atoms with E-state index in [1.807, 2.05) is 4.90 Å². The van der Waals surface area contributed by atoms with Crippen molar-refractivity contribution >= 4 is 5.91 Å². The van der Waals surface area contributed by atoms with E-state index in [2.05, 4.69) is 6.07 Å². The molecular weight excluding hydrogens is 256 g/mol. The average Bonchev–Trinajstić information content (AvgIpc) is 2.54. The summed E-state index contributed by atoms with van der Waals surface area (Å²) in [5, 5.41) is 9.55. The third kappa shape index (κ3) is 2.32. The number of amides is 1. The predicted octanol–water partition coefficient (Wildman–Crippen LogP) is 1.48. The van der Waals surface area contributed by atoms with Crippen molar-refractivity contribution in [2.45, 2.75) is 50.7 Å². The van der Waals surface area contributed by atoms with E-state index in [9.17, 15) is 10.1 Å². The fraction of sp³-hybridized carbons (Fsp3) is 0.867. The van der Waals surface area contributed by atoms with E-state index in [1.165, 1.54) is 6.42 Å². The second-order valence-corrected chi connectivity index (χ2v) is 6.07. The summed E-state index contributed by atoms with van der Waals surface area (Å²) in [5.74, 6) is 0.0171. The first-order chi connectivity index (χ1) is 9.77. The fourth-order valence-electron chi connectivity index (χ4n) is 3.72. The number of morpholine rings is 1. The molecule has 5 nitrogen and oxygen atoms in total. The van der Waals surface area contributed by atoms with Crippen molar-refractivity contribution in [2.24, 2.45) is 5.41 Å². The maximum atomic E-state index is 13.0. The van der Waals surface area contributed by atoms with E-state index in [1.54, 1.807) is 0 Å². The molecule has 0 aromatic carbocycles.